The molecule has 0 atom stereocenters. The monoisotopic (exact) mass is 475 g/mol. The number of ether oxygens (including phenoxy) is 1. The summed E-state index contributed by atoms with van der Waals surface area (Å²) in [5.41, 5.74) is 4.45. The summed E-state index contributed by atoms with van der Waals surface area (Å²) in [6, 6.07) is 16.0. The van der Waals surface area contributed by atoms with E-state index < -0.39 is 5.60 Å². The predicted molar refractivity (Wildman–Crippen MR) is 136 cm³/mol. The normalized spacial score (nSPS) is 12.9. The maximum absolute atomic E-state index is 13.5. The molecule has 0 unspecified atom stereocenters. The van der Waals surface area contributed by atoms with Crippen LogP contribution in [0.2, 0.25) is 0 Å². The van der Waals surface area contributed by atoms with Crippen LogP contribution in [0.25, 0.3) is 22.5 Å². The van der Waals surface area contributed by atoms with Crippen LogP contribution in [-0.4, -0.2) is 45.6 Å². The molecule has 2 aromatic carbocycles. The molecule has 3 aromatic rings. The largest absolute Gasteiger partial charge is 0.366 e. The number of anilines is 1. The lowest BCUT2D eigenvalue weighted by Crippen LogP contribution is -2.45. The fourth-order valence-corrected chi connectivity index (χ4v) is 4.42. The highest BCUT2D eigenvalue weighted by atomic mass is 16.5. The maximum atomic E-state index is 13.5. The Morgan fingerprint density at radius 1 is 1.09 bits per heavy atom. The quantitative estimate of drug-likeness (QED) is 0.548. The van der Waals surface area contributed by atoms with E-state index in [9.17, 15) is 9.59 Å². The van der Waals surface area contributed by atoms with Gasteiger partial charge in [0.05, 0.1) is 17.9 Å². The molecule has 2 heterocycles. The van der Waals surface area contributed by atoms with Gasteiger partial charge in [-0.2, -0.15) is 0 Å². The van der Waals surface area contributed by atoms with Gasteiger partial charge in [0.1, 0.15) is 11.3 Å². The number of para-hydroxylation sites is 1. The average molecular weight is 476 g/mol. The topological polar surface area (TPSA) is 89.3 Å². The molecule has 0 spiro atoms. The molecule has 0 bridgehead atoms. The van der Waals surface area contributed by atoms with Crippen molar-refractivity contribution in [2.45, 2.75) is 59.2 Å². The number of hydrogen-bond donors (Lipinski definition) is 1. The van der Waals surface area contributed by atoms with E-state index in [1.807, 2.05) is 54.1 Å². The summed E-state index contributed by atoms with van der Waals surface area (Å²) in [5, 5.41) is 11.8. The van der Waals surface area contributed by atoms with Crippen LogP contribution in [0, 0.1) is 0 Å². The highest BCUT2D eigenvalue weighted by Crippen LogP contribution is 2.41. The Morgan fingerprint density at radius 2 is 1.77 bits per heavy atom. The Hall–Kier alpha value is -3.52. The van der Waals surface area contributed by atoms with Crippen molar-refractivity contribution in [3.05, 3.63) is 54.1 Å². The second kappa shape index (κ2) is 10.00. The van der Waals surface area contributed by atoms with Crippen molar-refractivity contribution in [1.82, 2.24) is 20.3 Å². The molecule has 0 saturated carbocycles. The first-order chi connectivity index (χ1) is 16.7. The zero-order valence-electron chi connectivity index (χ0n) is 21.0. The van der Waals surface area contributed by atoms with Crippen molar-refractivity contribution in [2.75, 3.05) is 18.1 Å². The first-order valence-electron chi connectivity index (χ1n) is 12.1. The van der Waals surface area contributed by atoms with E-state index in [0.29, 0.717) is 13.2 Å². The highest BCUT2D eigenvalue weighted by molar-refractivity contribution is 6.00. The molecule has 4 rings (SSSR count). The van der Waals surface area contributed by atoms with Crippen LogP contribution in [0.4, 0.5) is 5.69 Å². The van der Waals surface area contributed by atoms with E-state index in [0.717, 1.165) is 33.8 Å². The summed E-state index contributed by atoms with van der Waals surface area (Å²) >= 11 is 0. The van der Waals surface area contributed by atoms with Gasteiger partial charge in [-0.1, -0.05) is 47.7 Å². The number of hydrogen-bond acceptors (Lipinski definition) is 5. The van der Waals surface area contributed by atoms with Gasteiger partial charge in [-0.05, 0) is 46.2 Å². The van der Waals surface area contributed by atoms with Gasteiger partial charge in [0, 0.05) is 36.7 Å². The second-order valence-corrected chi connectivity index (χ2v) is 9.43. The Kier molecular flexibility index (Phi) is 7.03. The third-order valence-electron chi connectivity index (χ3n) is 6.21. The highest BCUT2D eigenvalue weighted by Gasteiger charge is 2.30. The van der Waals surface area contributed by atoms with Gasteiger partial charge in [0.25, 0.3) is 5.91 Å². The van der Waals surface area contributed by atoms with Crippen LogP contribution in [0.1, 0.15) is 52.6 Å². The molecule has 8 heteroatoms. The molecular formula is C27H33N5O3. The number of fused-ring (bicyclic) bond motifs is 5. The fraction of sp³-hybridized carbons (Fsp3) is 0.407. The Labute approximate surface area is 206 Å². The number of carbonyl (C=O) groups excluding carboxylic acids is 2. The molecule has 0 aliphatic carbocycles. The number of nitrogens with zero attached hydrogens (tertiary/aromatic N) is 4. The summed E-state index contributed by atoms with van der Waals surface area (Å²) in [5.74, 6) is -0.318. The number of amides is 2. The minimum absolute atomic E-state index is 0.0820. The Balaban J connectivity index is 1.68. The third kappa shape index (κ3) is 4.84. The minimum atomic E-state index is -0.942. The molecule has 1 aliphatic rings. The molecule has 1 N–H and O–H groups in total. The zero-order valence-corrected chi connectivity index (χ0v) is 21.0. The molecule has 2 amide bonds. The van der Waals surface area contributed by atoms with Gasteiger partial charge >= 0.3 is 0 Å². The van der Waals surface area contributed by atoms with Crippen LogP contribution in [0.5, 0.6) is 0 Å². The number of benzene rings is 2. The number of aromatic nitrogens is 3. The number of rotatable bonds is 7. The molecule has 1 aliphatic heterocycles. The van der Waals surface area contributed by atoms with Crippen LogP contribution in [0.15, 0.2) is 48.5 Å². The van der Waals surface area contributed by atoms with Crippen LogP contribution in [0.3, 0.4) is 0 Å². The molecule has 8 nitrogen and oxygen atoms in total. The number of nitrogens with one attached hydrogen (secondary N) is 1. The molecule has 1 aromatic heterocycles. The SMILES string of the molecule is CCOC(C)(C)C(=O)NCCC(=O)N1Cc2ccccc2-c2c(nnn2C(C)C)-c2ccccc21. The summed E-state index contributed by atoms with van der Waals surface area (Å²) in [6.45, 7) is 10.5. The van der Waals surface area contributed by atoms with Crippen molar-refractivity contribution in [3.8, 4) is 22.5 Å². The van der Waals surface area contributed by atoms with E-state index >= 15 is 0 Å². The van der Waals surface area contributed by atoms with Gasteiger partial charge in [0.2, 0.25) is 5.91 Å². The predicted octanol–water partition coefficient (Wildman–Crippen LogP) is 4.36. The van der Waals surface area contributed by atoms with E-state index in [1.165, 1.54) is 0 Å². The lowest BCUT2D eigenvalue weighted by Gasteiger charge is -2.29. The molecule has 0 fully saturated rings. The van der Waals surface area contributed by atoms with Gasteiger partial charge in [-0.3, -0.25) is 9.59 Å². The first-order valence-corrected chi connectivity index (χ1v) is 12.1. The van der Waals surface area contributed by atoms with Crippen molar-refractivity contribution in [1.29, 1.82) is 0 Å². The van der Waals surface area contributed by atoms with Crippen LogP contribution in [-0.2, 0) is 20.9 Å². The molecule has 184 valence electrons. The summed E-state index contributed by atoms with van der Waals surface area (Å²) in [4.78, 5) is 27.8. The second-order valence-electron chi connectivity index (χ2n) is 9.43. The lowest BCUT2D eigenvalue weighted by molar-refractivity contribution is -0.142. The van der Waals surface area contributed by atoms with Crippen LogP contribution < -0.4 is 10.2 Å². The van der Waals surface area contributed by atoms with Gasteiger partial charge in [-0.25, -0.2) is 4.68 Å². The third-order valence-corrected chi connectivity index (χ3v) is 6.21. The van der Waals surface area contributed by atoms with E-state index in [1.54, 1.807) is 18.7 Å². The Morgan fingerprint density at radius 3 is 2.49 bits per heavy atom. The lowest BCUT2D eigenvalue weighted by atomic mass is 9.95. The first kappa shape index (κ1) is 24.6. The van der Waals surface area contributed by atoms with Crippen molar-refractivity contribution >= 4 is 17.5 Å². The van der Waals surface area contributed by atoms with E-state index in [2.05, 4.69) is 35.5 Å². The smallest absolute Gasteiger partial charge is 0.251 e. The fourth-order valence-electron chi connectivity index (χ4n) is 4.42. The van der Waals surface area contributed by atoms with Crippen LogP contribution >= 0.6 is 0 Å². The maximum Gasteiger partial charge on any atom is 0.251 e. The molecule has 0 saturated heterocycles. The summed E-state index contributed by atoms with van der Waals surface area (Å²) < 4.78 is 7.45. The van der Waals surface area contributed by atoms with Crippen molar-refractivity contribution < 1.29 is 14.3 Å². The van der Waals surface area contributed by atoms with Crippen molar-refractivity contribution in [2.24, 2.45) is 0 Å². The standard InChI is InChI=1S/C27H33N5O3/c1-6-35-27(4,5)26(34)28-16-15-23(33)31-17-19-11-7-8-12-20(19)25-24(29-30-32(25)18(2)3)21-13-9-10-14-22(21)31/h7-14,18H,6,15-17H2,1-5H3,(H,28,34). The minimum Gasteiger partial charge on any atom is -0.366 e. The van der Waals surface area contributed by atoms with E-state index in [4.69, 9.17) is 4.74 Å². The van der Waals surface area contributed by atoms with Crippen molar-refractivity contribution in [3.63, 3.8) is 0 Å². The summed E-state index contributed by atoms with van der Waals surface area (Å²) in [7, 11) is 0. The average Bonchev–Trinajstić information content (AvgIpc) is 3.26. The van der Waals surface area contributed by atoms with Gasteiger partial charge in [-0.15, -0.1) is 5.10 Å². The van der Waals surface area contributed by atoms with Gasteiger partial charge < -0.3 is 15.0 Å². The Bertz CT molecular complexity index is 1230. The van der Waals surface area contributed by atoms with E-state index in [-0.39, 0.29) is 30.8 Å². The summed E-state index contributed by atoms with van der Waals surface area (Å²) in [6.07, 6.45) is 0.163. The molecule has 35 heavy (non-hydrogen) atoms. The zero-order chi connectivity index (χ0) is 25.2. The molecular weight excluding hydrogens is 442 g/mol. The molecule has 0 radical (unpaired) electrons. The van der Waals surface area contributed by atoms with Gasteiger partial charge in [0.15, 0.2) is 0 Å². The number of carbonyl (C=O) groups is 2.